The van der Waals surface area contributed by atoms with Crippen molar-refractivity contribution in [2.75, 3.05) is 13.9 Å². The molecule has 150 valence electrons. The quantitative estimate of drug-likeness (QED) is 0.372. The number of methoxy groups -OCH3 is 1. The SMILES string of the molecule is COCOc1cc(O)c2c(C#C[Si]C(C(C)C)(C(C)C)C(C)C)cccc2c1. The molecule has 0 spiro atoms. The Kier molecular flexibility index (Phi) is 7.57. The van der Waals surface area contributed by atoms with E-state index < -0.39 is 0 Å². The topological polar surface area (TPSA) is 38.7 Å². The van der Waals surface area contributed by atoms with Gasteiger partial charge < -0.3 is 14.6 Å². The van der Waals surface area contributed by atoms with Gasteiger partial charge in [-0.2, -0.15) is 0 Å². The Hall–Kier alpha value is -1.96. The molecule has 2 aromatic carbocycles. The second kappa shape index (κ2) is 9.49. The standard InChI is InChI=1S/C24H32O3Si/c1-16(2)24(17(3)4,18(5)6)28-12-11-19-9-8-10-20-13-21(27-15-26-7)14-22(25)23(19)20/h8-10,13-14,16-18,25H,15H2,1-7H3. The molecular weight excluding hydrogens is 364 g/mol. The number of ether oxygens (including phenoxy) is 2. The molecule has 0 saturated carbocycles. The highest BCUT2D eigenvalue weighted by Gasteiger charge is 2.40. The normalized spacial score (nSPS) is 11.9. The predicted molar refractivity (Wildman–Crippen MR) is 118 cm³/mol. The molecular formula is C24H32O3Si. The van der Waals surface area contributed by atoms with Gasteiger partial charge in [0.05, 0.1) is 0 Å². The van der Waals surface area contributed by atoms with Gasteiger partial charge in [-0.15, -0.1) is 5.54 Å². The number of phenolic OH excluding ortho intramolecular Hbond substituents is 1. The first-order chi connectivity index (χ1) is 13.2. The van der Waals surface area contributed by atoms with E-state index in [1.54, 1.807) is 13.2 Å². The summed E-state index contributed by atoms with van der Waals surface area (Å²) in [5.74, 6) is 5.78. The van der Waals surface area contributed by atoms with Gasteiger partial charge in [-0.3, -0.25) is 0 Å². The van der Waals surface area contributed by atoms with Crippen molar-refractivity contribution in [3.05, 3.63) is 35.9 Å². The van der Waals surface area contributed by atoms with Gasteiger partial charge in [0, 0.05) is 24.1 Å². The summed E-state index contributed by atoms with van der Waals surface area (Å²) in [6.45, 7) is 14.0. The van der Waals surface area contributed by atoms with Crippen LogP contribution in [0.2, 0.25) is 5.04 Å². The second-order valence-electron chi connectivity index (χ2n) is 8.17. The van der Waals surface area contributed by atoms with Crippen molar-refractivity contribution >= 4 is 20.3 Å². The fourth-order valence-electron chi connectivity index (χ4n) is 4.33. The molecule has 0 saturated heterocycles. The van der Waals surface area contributed by atoms with E-state index in [4.69, 9.17) is 9.47 Å². The molecule has 28 heavy (non-hydrogen) atoms. The number of hydrogen-bond donors (Lipinski definition) is 1. The molecule has 0 heterocycles. The lowest BCUT2D eigenvalue weighted by atomic mass is 9.76. The molecule has 0 amide bonds. The van der Waals surface area contributed by atoms with Crippen LogP contribution in [0.4, 0.5) is 0 Å². The molecule has 0 aliphatic carbocycles. The third kappa shape index (κ3) is 4.53. The maximum absolute atomic E-state index is 10.6. The molecule has 0 aliphatic heterocycles. The molecule has 2 rings (SSSR count). The van der Waals surface area contributed by atoms with E-state index in [2.05, 4.69) is 53.0 Å². The van der Waals surface area contributed by atoms with Crippen molar-refractivity contribution in [1.29, 1.82) is 0 Å². The smallest absolute Gasteiger partial charge is 0.188 e. The van der Waals surface area contributed by atoms with Crippen LogP contribution in [0.1, 0.15) is 47.1 Å². The Morgan fingerprint density at radius 2 is 1.68 bits per heavy atom. The van der Waals surface area contributed by atoms with E-state index in [1.807, 2.05) is 24.3 Å². The third-order valence-electron chi connectivity index (χ3n) is 5.62. The van der Waals surface area contributed by atoms with E-state index in [-0.39, 0.29) is 17.6 Å². The minimum Gasteiger partial charge on any atom is -0.507 e. The van der Waals surface area contributed by atoms with Crippen molar-refractivity contribution in [1.82, 2.24) is 0 Å². The van der Waals surface area contributed by atoms with Crippen molar-refractivity contribution in [2.24, 2.45) is 17.8 Å². The highest BCUT2D eigenvalue weighted by atomic mass is 28.2. The van der Waals surface area contributed by atoms with Crippen LogP contribution in [0.5, 0.6) is 11.5 Å². The first-order valence-corrected chi connectivity index (χ1v) is 10.9. The number of hydrogen-bond acceptors (Lipinski definition) is 3. The average Bonchev–Trinajstić information content (AvgIpc) is 2.62. The minimum absolute atomic E-state index is 0.146. The van der Waals surface area contributed by atoms with Gasteiger partial charge in [0.15, 0.2) is 16.3 Å². The molecule has 2 aromatic rings. The van der Waals surface area contributed by atoms with Crippen molar-refractivity contribution in [3.8, 4) is 23.0 Å². The lowest BCUT2D eigenvalue weighted by Gasteiger charge is -2.43. The van der Waals surface area contributed by atoms with E-state index >= 15 is 0 Å². The Bertz CT molecular complexity index is 837. The molecule has 0 fully saturated rings. The zero-order valence-electron chi connectivity index (χ0n) is 18.1. The molecule has 1 N–H and O–H groups in total. The Labute approximate surface area is 172 Å². The average molecular weight is 397 g/mol. The number of benzene rings is 2. The van der Waals surface area contributed by atoms with Crippen LogP contribution in [0.15, 0.2) is 30.3 Å². The van der Waals surface area contributed by atoms with Crippen LogP contribution in [0, 0.1) is 29.2 Å². The molecule has 0 unspecified atom stereocenters. The van der Waals surface area contributed by atoms with Crippen molar-refractivity contribution in [3.63, 3.8) is 0 Å². The van der Waals surface area contributed by atoms with E-state index in [9.17, 15) is 5.11 Å². The van der Waals surface area contributed by atoms with Crippen LogP contribution >= 0.6 is 0 Å². The van der Waals surface area contributed by atoms with Gasteiger partial charge in [0.1, 0.15) is 11.5 Å². The van der Waals surface area contributed by atoms with Crippen LogP contribution in [0.25, 0.3) is 10.8 Å². The molecule has 4 heteroatoms. The van der Waals surface area contributed by atoms with Gasteiger partial charge in [-0.25, -0.2) is 0 Å². The molecule has 0 atom stereocenters. The zero-order chi connectivity index (χ0) is 20.9. The fraction of sp³-hybridized carbons (Fsp3) is 0.500. The minimum atomic E-state index is 0.146. The number of phenols is 1. The summed E-state index contributed by atoms with van der Waals surface area (Å²) in [5, 5.41) is 12.4. The van der Waals surface area contributed by atoms with Crippen LogP contribution in [0.3, 0.4) is 0 Å². The van der Waals surface area contributed by atoms with E-state index in [1.165, 1.54) is 0 Å². The van der Waals surface area contributed by atoms with E-state index in [0.717, 1.165) is 16.3 Å². The second-order valence-corrected chi connectivity index (χ2v) is 9.54. The lowest BCUT2D eigenvalue weighted by Crippen LogP contribution is -2.36. The van der Waals surface area contributed by atoms with Crippen molar-refractivity contribution < 1.29 is 14.6 Å². The fourth-order valence-corrected chi connectivity index (χ4v) is 5.61. The van der Waals surface area contributed by atoms with E-state index in [0.29, 0.717) is 33.0 Å². The molecule has 0 bridgehead atoms. The predicted octanol–water partition coefficient (Wildman–Crippen LogP) is 5.67. The summed E-state index contributed by atoms with van der Waals surface area (Å²) in [6.07, 6.45) is 0. The van der Waals surface area contributed by atoms with Gasteiger partial charge >= 0.3 is 0 Å². The summed E-state index contributed by atoms with van der Waals surface area (Å²) < 4.78 is 10.4. The van der Waals surface area contributed by atoms with Gasteiger partial charge in [-0.05, 0) is 40.3 Å². The van der Waals surface area contributed by atoms with Crippen LogP contribution in [-0.4, -0.2) is 28.5 Å². The summed E-state index contributed by atoms with van der Waals surface area (Å²) >= 11 is 0. The summed E-state index contributed by atoms with van der Waals surface area (Å²) in [4.78, 5) is 0. The summed E-state index contributed by atoms with van der Waals surface area (Å²) in [6, 6.07) is 9.42. The number of aromatic hydroxyl groups is 1. The molecule has 2 radical (unpaired) electrons. The molecule has 3 nitrogen and oxygen atoms in total. The van der Waals surface area contributed by atoms with Gasteiger partial charge in [0.25, 0.3) is 0 Å². The Morgan fingerprint density at radius 3 is 2.25 bits per heavy atom. The lowest BCUT2D eigenvalue weighted by molar-refractivity contribution is 0.0511. The zero-order valence-corrected chi connectivity index (χ0v) is 19.1. The Balaban J connectivity index is 2.42. The van der Waals surface area contributed by atoms with Gasteiger partial charge in [0.2, 0.25) is 0 Å². The number of rotatable bonds is 7. The highest BCUT2D eigenvalue weighted by molar-refractivity contribution is 6.50. The van der Waals surface area contributed by atoms with Crippen molar-refractivity contribution in [2.45, 2.75) is 46.6 Å². The third-order valence-corrected chi connectivity index (χ3v) is 8.03. The maximum atomic E-state index is 10.6. The maximum Gasteiger partial charge on any atom is 0.188 e. The van der Waals surface area contributed by atoms with Gasteiger partial charge in [-0.1, -0.05) is 59.6 Å². The summed E-state index contributed by atoms with van der Waals surface area (Å²) in [5.41, 5.74) is 4.32. The monoisotopic (exact) mass is 396 g/mol. The number of fused-ring (bicyclic) bond motifs is 1. The Morgan fingerprint density at radius 1 is 1.04 bits per heavy atom. The molecule has 0 aromatic heterocycles. The molecule has 0 aliphatic rings. The largest absolute Gasteiger partial charge is 0.507 e. The first kappa shape index (κ1) is 22.3. The summed E-state index contributed by atoms with van der Waals surface area (Å²) in [7, 11) is 2.11. The van der Waals surface area contributed by atoms with Crippen LogP contribution < -0.4 is 4.74 Å². The first-order valence-electron chi connectivity index (χ1n) is 9.89. The van der Waals surface area contributed by atoms with Crippen LogP contribution in [-0.2, 0) is 4.74 Å². The highest BCUT2D eigenvalue weighted by Crippen LogP contribution is 2.49.